The zero-order valence-electron chi connectivity index (χ0n) is 17.2. The zero-order chi connectivity index (χ0) is 20.7. The van der Waals surface area contributed by atoms with E-state index in [1.54, 1.807) is 6.07 Å². The predicted octanol–water partition coefficient (Wildman–Crippen LogP) is 2.48. The molecule has 8 nitrogen and oxygen atoms in total. The monoisotopic (exact) mass is 407 g/mol. The second kappa shape index (κ2) is 7.68. The van der Waals surface area contributed by atoms with Crippen LogP contribution < -0.4 is 10.3 Å². The van der Waals surface area contributed by atoms with Gasteiger partial charge in [0.05, 0.1) is 24.1 Å². The maximum absolute atomic E-state index is 11.8. The van der Waals surface area contributed by atoms with Gasteiger partial charge in [0, 0.05) is 18.4 Å². The minimum Gasteiger partial charge on any atom is -0.493 e. The number of benzene rings is 1. The molecule has 1 N–H and O–H groups in total. The Bertz CT molecular complexity index is 1130. The molecule has 1 unspecified atom stereocenters. The lowest BCUT2D eigenvalue weighted by Gasteiger charge is -2.23. The van der Waals surface area contributed by atoms with Crippen LogP contribution in [0.2, 0.25) is 0 Å². The zero-order valence-corrected chi connectivity index (χ0v) is 17.2. The lowest BCUT2D eigenvalue weighted by molar-refractivity contribution is 0.0613. The van der Waals surface area contributed by atoms with Crippen molar-refractivity contribution in [2.24, 2.45) is 0 Å². The van der Waals surface area contributed by atoms with Gasteiger partial charge in [0.2, 0.25) is 0 Å². The molecule has 1 aromatic carbocycles. The van der Waals surface area contributed by atoms with Crippen LogP contribution in [0.1, 0.15) is 54.7 Å². The quantitative estimate of drug-likeness (QED) is 0.698. The minimum atomic E-state index is -0.166. The van der Waals surface area contributed by atoms with E-state index >= 15 is 0 Å². The second-order valence-electron chi connectivity index (χ2n) is 8.19. The lowest BCUT2D eigenvalue weighted by atomic mass is 9.86. The first-order valence-corrected chi connectivity index (χ1v) is 10.5. The second-order valence-corrected chi connectivity index (χ2v) is 8.19. The van der Waals surface area contributed by atoms with Gasteiger partial charge in [-0.05, 0) is 62.4 Å². The number of aromatic nitrogens is 5. The molecule has 0 amide bonds. The third kappa shape index (κ3) is 3.63. The van der Waals surface area contributed by atoms with Crippen LogP contribution in [0, 0.1) is 0 Å². The molecular weight excluding hydrogens is 382 g/mol. The van der Waals surface area contributed by atoms with Crippen LogP contribution in [0.15, 0.2) is 29.1 Å². The van der Waals surface area contributed by atoms with E-state index in [9.17, 15) is 4.79 Å². The molecule has 3 heterocycles. The van der Waals surface area contributed by atoms with Crippen molar-refractivity contribution in [3.8, 4) is 11.4 Å². The van der Waals surface area contributed by atoms with Crippen molar-refractivity contribution >= 4 is 0 Å². The highest BCUT2D eigenvalue weighted by molar-refractivity contribution is 5.46. The average molecular weight is 407 g/mol. The van der Waals surface area contributed by atoms with Crippen LogP contribution in [0.3, 0.4) is 0 Å². The largest absolute Gasteiger partial charge is 0.493 e. The molecular formula is C22H25N5O3. The van der Waals surface area contributed by atoms with Crippen molar-refractivity contribution in [1.29, 1.82) is 0 Å². The van der Waals surface area contributed by atoms with Crippen molar-refractivity contribution in [2.75, 3.05) is 6.61 Å². The van der Waals surface area contributed by atoms with Gasteiger partial charge in [-0.3, -0.25) is 4.79 Å². The van der Waals surface area contributed by atoms with Crippen molar-refractivity contribution in [1.82, 2.24) is 25.0 Å². The summed E-state index contributed by atoms with van der Waals surface area (Å²) in [5.74, 6) is 2.68. The Labute approximate surface area is 174 Å². The first-order valence-electron chi connectivity index (χ1n) is 10.5. The van der Waals surface area contributed by atoms with Gasteiger partial charge in [-0.25, -0.2) is 14.8 Å². The van der Waals surface area contributed by atoms with E-state index in [-0.39, 0.29) is 17.6 Å². The molecule has 0 radical (unpaired) electrons. The summed E-state index contributed by atoms with van der Waals surface area (Å²) in [6, 6.07) is 7.83. The van der Waals surface area contributed by atoms with E-state index in [0.29, 0.717) is 12.4 Å². The van der Waals surface area contributed by atoms with Crippen molar-refractivity contribution in [3.05, 3.63) is 63.1 Å². The Morgan fingerprint density at radius 2 is 2.17 bits per heavy atom. The molecule has 8 heteroatoms. The molecule has 5 rings (SSSR count). The Balaban J connectivity index is 1.52. The molecule has 3 aromatic rings. The number of nitrogens with one attached hydrogen (secondary N) is 1. The van der Waals surface area contributed by atoms with Crippen LogP contribution in [0.4, 0.5) is 0 Å². The van der Waals surface area contributed by atoms with Gasteiger partial charge >= 0.3 is 0 Å². The Morgan fingerprint density at radius 1 is 1.27 bits per heavy atom. The third-order valence-electron chi connectivity index (χ3n) is 5.68. The molecule has 2 aliphatic rings. The van der Waals surface area contributed by atoms with Crippen molar-refractivity contribution < 1.29 is 9.47 Å². The highest BCUT2D eigenvalue weighted by Crippen LogP contribution is 2.33. The fourth-order valence-corrected chi connectivity index (χ4v) is 4.19. The van der Waals surface area contributed by atoms with Gasteiger partial charge in [-0.15, -0.1) is 5.10 Å². The number of fused-ring (bicyclic) bond motifs is 2. The summed E-state index contributed by atoms with van der Waals surface area (Å²) in [4.78, 5) is 16.6. The molecule has 0 saturated carbocycles. The van der Waals surface area contributed by atoms with Gasteiger partial charge in [0.15, 0.2) is 5.82 Å². The maximum Gasteiger partial charge on any atom is 0.264 e. The number of aromatic amines is 1. The SMILES string of the molecule is CC(C)OCc1nc(C2CCc3n[nH]c(=O)cc3C2)n(-c2ccc3c(c2)CCO3)n1. The van der Waals surface area contributed by atoms with Gasteiger partial charge in [-0.2, -0.15) is 5.10 Å². The number of H-pyrrole nitrogens is 1. The smallest absolute Gasteiger partial charge is 0.264 e. The molecule has 156 valence electrons. The van der Waals surface area contributed by atoms with E-state index < -0.39 is 0 Å². The van der Waals surface area contributed by atoms with E-state index in [1.807, 2.05) is 30.7 Å². The predicted molar refractivity (Wildman–Crippen MR) is 110 cm³/mol. The van der Waals surface area contributed by atoms with Crippen LogP contribution in [-0.2, 0) is 30.6 Å². The topological polar surface area (TPSA) is 94.9 Å². The van der Waals surface area contributed by atoms with E-state index in [0.717, 1.165) is 60.8 Å². The van der Waals surface area contributed by atoms with Gasteiger partial charge in [0.25, 0.3) is 5.56 Å². The standard InChI is InChI=1S/C22H25N5O3/c1-13(2)30-12-20-23-22(15-3-5-18-16(9-15)11-21(28)25-24-18)27(26-20)17-4-6-19-14(10-17)7-8-29-19/h4,6,10-11,13,15H,3,5,7-9,12H2,1-2H3,(H,25,28). The van der Waals surface area contributed by atoms with Crippen LogP contribution in [-0.4, -0.2) is 37.7 Å². The summed E-state index contributed by atoms with van der Waals surface area (Å²) >= 11 is 0. The lowest BCUT2D eigenvalue weighted by Crippen LogP contribution is -2.21. The molecule has 0 spiro atoms. The number of ether oxygens (including phenoxy) is 2. The van der Waals surface area contributed by atoms with Gasteiger partial charge < -0.3 is 9.47 Å². The molecule has 0 bridgehead atoms. The molecule has 1 aliphatic heterocycles. The minimum absolute atomic E-state index is 0.108. The van der Waals surface area contributed by atoms with Gasteiger partial charge in [-0.1, -0.05) is 0 Å². The molecule has 1 atom stereocenters. The first kappa shape index (κ1) is 19.0. The molecule has 0 fully saturated rings. The first-order chi connectivity index (χ1) is 14.6. The summed E-state index contributed by atoms with van der Waals surface area (Å²) < 4.78 is 13.3. The number of rotatable bonds is 5. The number of aryl methyl sites for hydroxylation is 1. The molecule has 0 saturated heterocycles. The Hall–Kier alpha value is -3.00. The highest BCUT2D eigenvalue weighted by atomic mass is 16.5. The molecule has 2 aromatic heterocycles. The fourth-order valence-electron chi connectivity index (χ4n) is 4.19. The fraction of sp³-hybridized carbons (Fsp3) is 0.455. The van der Waals surface area contributed by atoms with Crippen LogP contribution in [0.25, 0.3) is 5.69 Å². The maximum atomic E-state index is 11.8. The van der Waals surface area contributed by atoms with Gasteiger partial charge in [0.1, 0.15) is 18.2 Å². The average Bonchev–Trinajstić information content (AvgIpc) is 3.38. The number of hydrogen-bond donors (Lipinski definition) is 1. The summed E-state index contributed by atoms with van der Waals surface area (Å²) in [6.45, 7) is 5.09. The summed E-state index contributed by atoms with van der Waals surface area (Å²) in [6.07, 6.45) is 3.45. The molecule has 30 heavy (non-hydrogen) atoms. The van der Waals surface area contributed by atoms with E-state index in [4.69, 9.17) is 19.6 Å². The number of nitrogens with zero attached hydrogens (tertiary/aromatic N) is 4. The highest BCUT2D eigenvalue weighted by Gasteiger charge is 2.27. The normalized spacial score (nSPS) is 17.6. The summed E-state index contributed by atoms with van der Waals surface area (Å²) in [5, 5.41) is 11.5. The molecule has 1 aliphatic carbocycles. The van der Waals surface area contributed by atoms with Crippen molar-refractivity contribution in [3.63, 3.8) is 0 Å². The van der Waals surface area contributed by atoms with Crippen LogP contribution >= 0.6 is 0 Å². The van der Waals surface area contributed by atoms with E-state index in [2.05, 4.69) is 16.3 Å². The van der Waals surface area contributed by atoms with Crippen molar-refractivity contribution in [2.45, 2.75) is 58.2 Å². The Kier molecular flexibility index (Phi) is 4.86. The number of hydrogen-bond acceptors (Lipinski definition) is 6. The summed E-state index contributed by atoms with van der Waals surface area (Å²) in [5.41, 5.74) is 3.97. The van der Waals surface area contributed by atoms with E-state index in [1.165, 1.54) is 5.56 Å². The summed E-state index contributed by atoms with van der Waals surface area (Å²) in [7, 11) is 0. The Morgan fingerprint density at radius 3 is 3.03 bits per heavy atom. The third-order valence-corrected chi connectivity index (χ3v) is 5.68. The van der Waals surface area contributed by atoms with Crippen LogP contribution in [0.5, 0.6) is 5.75 Å².